The van der Waals surface area contributed by atoms with Gasteiger partial charge in [-0.15, -0.1) is 0 Å². The lowest BCUT2D eigenvalue weighted by Gasteiger charge is -2.56. The van der Waals surface area contributed by atoms with Crippen LogP contribution < -0.4 is 15.0 Å². The van der Waals surface area contributed by atoms with Crippen LogP contribution in [0.3, 0.4) is 0 Å². The molecule has 5 aliphatic rings. The number of rotatable bonds is 7. The van der Waals surface area contributed by atoms with Crippen LogP contribution in [0.5, 0.6) is 5.75 Å². The summed E-state index contributed by atoms with van der Waals surface area (Å²) in [6.45, 7) is 4.34. The summed E-state index contributed by atoms with van der Waals surface area (Å²) in [5, 5.41) is 27.5. The van der Waals surface area contributed by atoms with Crippen molar-refractivity contribution in [2.45, 2.75) is 30.5 Å². The topological polar surface area (TPSA) is 122 Å². The number of para-hydroxylation sites is 1. The number of urea groups is 1. The highest BCUT2D eigenvalue weighted by Crippen LogP contribution is 2.49. The number of piperidine rings is 2. The van der Waals surface area contributed by atoms with Crippen molar-refractivity contribution in [1.82, 2.24) is 24.4 Å². The van der Waals surface area contributed by atoms with Gasteiger partial charge in [0.05, 0.1) is 41.2 Å². The zero-order valence-electron chi connectivity index (χ0n) is 23.6. The van der Waals surface area contributed by atoms with Gasteiger partial charge in [-0.25, -0.2) is 14.3 Å². The van der Waals surface area contributed by atoms with Gasteiger partial charge in [0.2, 0.25) is 0 Å². The first kappa shape index (κ1) is 26.0. The summed E-state index contributed by atoms with van der Waals surface area (Å²) >= 11 is 0. The number of carbonyl (C=O) groups excluding carboxylic acids is 1. The highest BCUT2D eigenvalue weighted by Gasteiger charge is 2.58. The maximum Gasteiger partial charge on any atom is 0.322 e. The summed E-state index contributed by atoms with van der Waals surface area (Å²) in [6.07, 6.45) is 7.12. The second-order valence-electron chi connectivity index (χ2n) is 12.2. The summed E-state index contributed by atoms with van der Waals surface area (Å²) in [5.41, 5.74) is 3.22. The summed E-state index contributed by atoms with van der Waals surface area (Å²) < 4.78 is 7.83. The minimum Gasteiger partial charge on any atom is -0.491 e. The van der Waals surface area contributed by atoms with E-state index in [1.807, 2.05) is 59.6 Å². The number of hydrogen-bond acceptors (Lipinski definition) is 8. The summed E-state index contributed by atoms with van der Waals surface area (Å²) in [4.78, 5) is 24.2. The molecule has 1 aromatic carbocycles. The summed E-state index contributed by atoms with van der Waals surface area (Å²) in [5.74, 6) is 1.93. The van der Waals surface area contributed by atoms with Gasteiger partial charge in [0.25, 0.3) is 0 Å². The number of carbonyl (C=O) groups is 1. The van der Waals surface area contributed by atoms with Crippen LogP contribution in [0, 0.1) is 17.2 Å². The van der Waals surface area contributed by atoms with E-state index in [1.165, 1.54) is 0 Å². The number of β-amino-alcohol motifs (C(OH)–C–C–N with tert-alkyl or cyclic N) is 1. The number of nitriles is 1. The van der Waals surface area contributed by atoms with Crippen molar-refractivity contribution >= 4 is 23.1 Å². The molecule has 3 aromatic heterocycles. The molecule has 4 saturated heterocycles. The third-order valence-electron chi connectivity index (χ3n) is 9.39. The first-order valence-electron chi connectivity index (χ1n) is 14.8. The minimum atomic E-state index is -0.473. The van der Waals surface area contributed by atoms with Gasteiger partial charge in [0.1, 0.15) is 24.2 Å². The molecule has 5 fully saturated rings. The Labute approximate surface area is 248 Å². The molecule has 4 unspecified atom stereocenters. The molecular formula is C32H32N8O3. The molecule has 11 heteroatoms. The van der Waals surface area contributed by atoms with Gasteiger partial charge in [-0.3, -0.25) is 4.90 Å². The number of piperazine rings is 1. The number of amides is 2. The normalized spacial score (nSPS) is 25.6. The number of hydrogen-bond donors (Lipinski definition) is 2. The third-order valence-corrected chi connectivity index (χ3v) is 9.39. The number of nitrogens with one attached hydrogen (secondary N) is 1. The number of likely N-dealkylation sites (tertiary alicyclic amines) is 1. The Kier molecular flexibility index (Phi) is 6.03. The number of nitrogens with zero attached hydrogens (tertiary/aromatic N) is 7. The molecule has 9 rings (SSSR count). The molecule has 2 bridgehead atoms. The van der Waals surface area contributed by atoms with Crippen molar-refractivity contribution in [2.24, 2.45) is 5.92 Å². The van der Waals surface area contributed by atoms with Crippen molar-refractivity contribution in [1.29, 1.82) is 5.26 Å². The predicted octanol–water partition coefficient (Wildman–Crippen LogP) is 3.21. The zero-order valence-corrected chi connectivity index (χ0v) is 23.6. The van der Waals surface area contributed by atoms with Crippen LogP contribution in [0.4, 0.5) is 16.3 Å². The van der Waals surface area contributed by atoms with Gasteiger partial charge < -0.3 is 25.0 Å². The molecule has 1 aliphatic carbocycles. The fourth-order valence-electron chi connectivity index (χ4n) is 7.07. The van der Waals surface area contributed by atoms with Gasteiger partial charge in [-0.05, 0) is 43.2 Å². The maximum absolute atomic E-state index is 12.9. The number of benzene rings is 1. The lowest BCUT2D eigenvalue weighted by Crippen LogP contribution is -2.71. The molecule has 11 nitrogen and oxygen atoms in total. The van der Waals surface area contributed by atoms with Crippen LogP contribution in [0.15, 0.2) is 67.1 Å². The quantitative estimate of drug-likeness (QED) is 0.344. The maximum atomic E-state index is 12.9. The molecule has 43 heavy (non-hydrogen) atoms. The molecule has 2 N–H and O–H groups in total. The Morgan fingerprint density at radius 1 is 1.14 bits per heavy atom. The monoisotopic (exact) mass is 576 g/mol. The average Bonchev–Trinajstić information content (AvgIpc) is 3.31. The number of aliphatic hydroxyl groups is 1. The Morgan fingerprint density at radius 2 is 1.98 bits per heavy atom. The second kappa shape index (κ2) is 9.97. The standard InChI is InChI=1S/C32H32N8O3/c33-13-22-15-35-39-19-27(43-9-8-37-16-23-12-32(23,42)20-37)11-28(30(22)39)21-6-7-29(34-14-21)38-17-25-10-26(18-38)40(25)31(41)36-24-4-2-1-3-5-24/h1-7,11,14-15,19,23,25-26,42H,8-10,12,16-18,20H2,(H,36,41). The summed E-state index contributed by atoms with van der Waals surface area (Å²) in [7, 11) is 0. The molecule has 218 valence electrons. The largest absolute Gasteiger partial charge is 0.491 e. The molecule has 2 amide bonds. The second-order valence-corrected chi connectivity index (χ2v) is 12.2. The van der Waals surface area contributed by atoms with Crippen molar-refractivity contribution in [3.05, 3.63) is 72.7 Å². The summed E-state index contributed by atoms with van der Waals surface area (Å²) in [6, 6.07) is 18.0. The van der Waals surface area contributed by atoms with Crippen LogP contribution in [-0.4, -0.2) is 92.6 Å². The van der Waals surface area contributed by atoms with Crippen molar-refractivity contribution in [2.75, 3.05) is 49.5 Å². The highest BCUT2D eigenvalue weighted by atomic mass is 16.5. The van der Waals surface area contributed by atoms with E-state index in [0.717, 1.165) is 61.7 Å². The van der Waals surface area contributed by atoms with E-state index in [4.69, 9.17) is 9.72 Å². The van der Waals surface area contributed by atoms with Crippen LogP contribution in [0.25, 0.3) is 16.6 Å². The Balaban J connectivity index is 0.963. The molecule has 7 heterocycles. The first-order chi connectivity index (χ1) is 21.0. The van der Waals surface area contributed by atoms with Crippen LogP contribution in [0.2, 0.25) is 0 Å². The van der Waals surface area contributed by atoms with Gasteiger partial charge in [-0.2, -0.15) is 10.4 Å². The molecular weight excluding hydrogens is 544 g/mol. The molecule has 4 aliphatic heterocycles. The lowest BCUT2D eigenvalue weighted by atomic mass is 9.88. The van der Waals surface area contributed by atoms with Crippen molar-refractivity contribution in [3.63, 3.8) is 0 Å². The third kappa shape index (κ3) is 4.63. The smallest absolute Gasteiger partial charge is 0.322 e. The molecule has 0 spiro atoms. The number of aromatic nitrogens is 3. The van der Waals surface area contributed by atoms with E-state index < -0.39 is 5.60 Å². The van der Waals surface area contributed by atoms with Crippen molar-refractivity contribution in [3.8, 4) is 22.9 Å². The molecule has 4 atom stereocenters. The zero-order chi connectivity index (χ0) is 29.1. The number of pyridine rings is 2. The van der Waals surface area contributed by atoms with Gasteiger partial charge in [0, 0.05) is 61.7 Å². The van der Waals surface area contributed by atoms with Crippen molar-refractivity contribution < 1.29 is 14.6 Å². The molecule has 4 aromatic rings. The number of anilines is 2. The van der Waals surface area contributed by atoms with Gasteiger partial charge in [-0.1, -0.05) is 18.2 Å². The predicted molar refractivity (Wildman–Crippen MR) is 160 cm³/mol. The van der Waals surface area contributed by atoms with E-state index in [-0.39, 0.29) is 18.1 Å². The van der Waals surface area contributed by atoms with E-state index >= 15 is 0 Å². The van der Waals surface area contributed by atoms with Crippen LogP contribution in [-0.2, 0) is 0 Å². The van der Waals surface area contributed by atoms with Crippen LogP contribution in [0.1, 0.15) is 18.4 Å². The Hall–Kier alpha value is -4.66. The Morgan fingerprint density at radius 3 is 2.70 bits per heavy atom. The van der Waals surface area contributed by atoms with E-state index in [0.29, 0.717) is 35.9 Å². The van der Waals surface area contributed by atoms with Gasteiger partial charge in [0.15, 0.2) is 0 Å². The SMILES string of the molecule is N#Cc1cnn2cc(OCCN3CC4CC4(O)C3)cc(-c3ccc(N4CC5CC(C4)N5C(=O)Nc4ccccc4)nc3)c12. The Bertz CT molecular complexity index is 1720. The average molecular weight is 577 g/mol. The van der Waals surface area contributed by atoms with Gasteiger partial charge >= 0.3 is 6.03 Å². The fourth-order valence-corrected chi connectivity index (χ4v) is 7.07. The minimum absolute atomic E-state index is 0.0509. The fraction of sp³-hybridized carbons (Fsp3) is 0.375. The first-order valence-corrected chi connectivity index (χ1v) is 14.8. The van der Waals surface area contributed by atoms with E-state index in [1.54, 1.807) is 16.9 Å². The molecule has 1 saturated carbocycles. The number of ether oxygens (including phenoxy) is 1. The molecule has 0 radical (unpaired) electrons. The van der Waals surface area contributed by atoms with E-state index in [2.05, 4.69) is 26.3 Å². The van der Waals surface area contributed by atoms with Crippen LogP contribution >= 0.6 is 0 Å². The number of fused-ring (bicyclic) bond motifs is 4. The van der Waals surface area contributed by atoms with E-state index in [9.17, 15) is 15.2 Å². The highest BCUT2D eigenvalue weighted by molar-refractivity contribution is 5.90. The lowest BCUT2D eigenvalue weighted by molar-refractivity contribution is 0.0437.